The summed E-state index contributed by atoms with van der Waals surface area (Å²) < 4.78 is 7.14. The molecule has 0 bridgehead atoms. The molecule has 3 heterocycles. The third kappa shape index (κ3) is 4.74. The zero-order valence-electron chi connectivity index (χ0n) is 20.0. The van der Waals surface area contributed by atoms with E-state index >= 15 is 0 Å². The van der Waals surface area contributed by atoms with Gasteiger partial charge < -0.3 is 14.6 Å². The van der Waals surface area contributed by atoms with Crippen molar-refractivity contribution in [2.75, 3.05) is 0 Å². The Morgan fingerprint density at radius 1 is 1.14 bits per heavy atom. The van der Waals surface area contributed by atoms with Crippen molar-refractivity contribution in [1.82, 2.24) is 20.0 Å². The Kier molecular flexibility index (Phi) is 6.69. The molecule has 1 fully saturated rings. The van der Waals surface area contributed by atoms with E-state index in [0.29, 0.717) is 22.2 Å². The molecule has 1 aromatic carbocycles. The van der Waals surface area contributed by atoms with Gasteiger partial charge in [-0.3, -0.25) is 14.3 Å². The van der Waals surface area contributed by atoms with E-state index in [4.69, 9.17) is 16.0 Å². The zero-order valence-corrected chi connectivity index (χ0v) is 20.8. The number of fused-ring (bicyclic) bond motifs is 1. The SMILES string of the molecule is C[C@]1(C(=O)NC2CCCCCCC2)Cn2nc(-c3ccco3)cc2C(=O)N1Cc1ccccc1Cl. The molecule has 0 unspecified atom stereocenters. The van der Waals surface area contributed by atoms with Gasteiger partial charge in [-0.2, -0.15) is 5.10 Å². The molecule has 3 aromatic rings. The quantitative estimate of drug-likeness (QED) is 0.512. The lowest BCUT2D eigenvalue weighted by Crippen LogP contribution is -2.64. The van der Waals surface area contributed by atoms with E-state index in [-0.39, 0.29) is 30.9 Å². The number of halogens is 1. The Bertz CT molecular complexity index is 1200. The highest BCUT2D eigenvalue weighted by Crippen LogP contribution is 2.33. The Morgan fingerprint density at radius 3 is 2.60 bits per heavy atom. The minimum absolute atomic E-state index is 0.120. The monoisotopic (exact) mass is 494 g/mol. The molecule has 35 heavy (non-hydrogen) atoms. The second kappa shape index (κ2) is 9.90. The fourth-order valence-corrected chi connectivity index (χ4v) is 5.37. The summed E-state index contributed by atoms with van der Waals surface area (Å²) in [6.07, 6.45) is 9.40. The molecule has 7 nitrogen and oxygen atoms in total. The number of carbonyl (C=O) groups is 2. The van der Waals surface area contributed by atoms with E-state index in [2.05, 4.69) is 10.4 Å². The molecule has 0 spiro atoms. The lowest BCUT2D eigenvalue weighted by molar-refractivity contribution is -0.134. The Hall–Kier alpha value is -3.06. The number of nitrogens with zero attached hydrogens (tertiary/aromatic N) is 3. The third-order valence-electron chi connectivity index (χ3n) is 7.29. The van der Waals surface area contributed by atoms with Gasteiger partial charge in [-0.25, -0.2) is 0 Å². The number of furan rings is 1. The first-order chi connectivity index (χ1) is 17.0. The second-order valence-electron chi connectivity index (χ2n) is 9.82. The van der Waals surface area contributed by atoms with Crippen molar-refractivity contribution >= 4 is 23.4 Å². The maximum Gasteiger partial charge on any atom is 0.273 e. The summed E-state index contributed by atoms with van der Waals surface area (Å²) in [6.45, 7) is 2.31. The van der Waals surface area contributed by atoms with Crippen LogP contribution in [0.25, 0.3) is 11.5 Å². The number of aromatic nitrogens is 2. The number of amides is 2. The minimum atomic E-state index is -1.13. The van der Waals surface area contributed by atoms with Crippen molar-refractivity contribution in [1.29, 1.82) is 0 Å². The van der Waals surface area contributed by atoms with Crippen molar-refractivity contribution in [3.8, 4) is 11.5 Å². The van der Waals surface area contributed by atoms with Crippen LogP contribution in [0.3, 0.4) is 0 Å². The Balaban J connectivity index is 1.49. The number of nitrogens with one attached hydrogen (secondary N) is 1. The molecular formula is C27H31ClN4O3. The van der Waals surface area contributed by atoms with Crippen molar-refractivity contribution in [2.24, 2.45) is 0 Å². The summed E-state index contributed by atoms with van der Waals surface area (Å²) in [5, 5.41) is 8.48. The summed E-state index contributed by atoms with van der Waals surface area (Å²) >= 11 is 6.46. The fourth-order valence-electron chi connectivity index (χ4n) is 5.17. The smallest absolute Gasteiger partial charge is 0.273 e. The summed E-state index contributed by atoms with van der Waals surface area (Å²) in [6, 6.07) is 12.9. The Morgan fingerprint density at radius 2 is 1.89 bits per heavy atom. The molecule has 184 valence electrons. The van der Waals surface area contributed by atoms with Gasteiger partial charge in [0.15, 0.2) is 5.76 Å². The summed E-state index contributed by atoms with van der Waals surface area (Å²) in [5.74, 6) is 0.180. The predicted octanol–water partition coefficient (Wildman–Crippen LogP) is 5.44. The average molecular weight is 495 g/mol. The minimum Gasteiger partial charge on any atom is -0.463 e. The number of rotatable bonds is 5. The van der Waals surface area contributed by atoms with Crippen LogP contribution in [0, 0.1) is 0 Å². The normalized spacial score (nSPS) is 21.3. The van der Waals surface area contributed by atoms with E-state index in [1.807, 2.05) is 25.1 Å². The molecule has 1 atom stereocenters. The van der Waals surface area contributed by atoms with E-state index in [0.717, 1.165) is 31.2 Å². The molecule has 2 aliphatic rings. The molecule has 0 saturated heterocycles. The van der Waals surface area contributed by atoms with Crippen LogP contribution in [0.5, 0.6) is 0 Å². The van der Waals surface area contributed by atoms with Gasteiger partial charge in [0.2, 0.25) is 5.91 Å². The van der Waals surface area contributed by atoms with E-state index in [9.17, 15) is 9.59 Å². The van der Waals surface area contributed by atoms with Crippen LogP contribution in [-0.2, 0) is 17.9 Å². The molecular weight excluding hydrogens is 464 g/mol. The molecule has 5 rings (SSSR count). The van der Waals surface area contributed by atoms with Crippen molar-refractivity contribution in [2.45, 2.75) is 76.5 Å². The highest BCUT2D eigenvalue weighted by molar-refractivity contribution is 6.31. The first kappa shape index (κ1) is 23.7. The highest BCUT2D eigenvalue weighted by atomic mass is 35.5. The molecule has 1 N–H and O–H groups in total. The molecule has 1 aliphatic carbocycles. The Labute approximate surface area is 210 Å². The molecule has 0 radical (unpaired) electrons. The van der Waals surface area contributed by atoms with Gasteiger partial charge in [-0.15, -0.1) is 0 Å². The standard InChI is InChI=1S/C27H31ClN4O3/c1-27(26(34)29-20-11-5-3-2-4-6-12-20)18-32-23(16-22(30-32)24-14-9-15-35-24)25(33)31(27)17-19-10-7-8-13-21(19)28/h7-10,13-16,20H,2-6,11-12,17-18H2,1H3,(H,29,34)/t27-/m1/s1. The second-order valence-corrected chi connectivity index (χ2v) is 10.2. The maximum absolute atomic E-state index is 13.9. The van der Waals surface area contributed by atoms with Crippen molar-refractivity contribution < 1.29 is 14.0 Å². The first-order valence-corrected chi connectivity index (χ1v) is 12.8. The largest absolute Gasteiger partial charge is 0.463 e. The third-order valence-corrected chi connectivity index (χ3v) is 7.66. The molecule has 1 aliphatic heterocycles. The molecule has 1 saturated carbocycles. The van der Waals surface area contributed by atoms with E-state index in [1.54, 1.807) is 40.1 Å². The van der Waals surface area contributed by atoms with Crippen LogP contribution in [0.15, 0.2) is 53.1 Å². The zero-order chi connectivity index (χ0) is 24.4. The number of hydrogen-bond acceptors (Lipinski definition) is 4. The van der Waals surface area contributed by atoms with Gasteiger partial charge in [-0.1, -0.05) is 61.9 Å². The lowest BCUT2D eigenvalue weighted by atomic mass is 9.92. The number of hydrogen-bond donors (Lipinski definition) is 1. The van der Waals surface area contributed by atoms with Gasteiger partial charge in [0.1, 0.15) is 16.9 Å². The molecule has 2 amide bonds. The van der Waals surface area contributed by atoms with Crippen LogP contribution in [0.2, 0.25) is 5.02 Å². The van der Waals surface area contributed by atoms with Crippen LogP contribution in [0.4, 0.5) is 0 Å². The van der Waals surface area contributed by atoms with Gasteiger partial charge in [0.05, 0.1) is 12.8 Å². The number of benzene rings is 1. The van der Waals surface area contributed by atoms with Gasteiger partial charge in [-0.05, 0) is 43.5 Å². The average Bonchev–Trinajstić information content (AvgIpc) is 3.49. The van der Waals surface area contributed by atoms with E-state index < -0.39 is 5.54 Å². The summed E-state index contributed by atoms with van der Waals surface area (Å²) in [4.78, 5) is 29.4. The predicted molar refractivity (Wildman–Crippen MR) is 134 cm³/mol. The topological polar surface area (TPSA) is 80.4 Å². The molecule has 2 aromatic heterocycles. The van der Waals surface area contributed by atoms with Crippen molar-refractivity contribution in [3.63, 3.8) is 0 Å². The van der Waals surface area contributed by atoms with Crippen molar-refractivity contribution in [3.05, 3.63) is 65.0 Å². The maximum atomic E-state index is 13.9. The highest BCUT2D eigenvalue weighted by Gasteiger charge is 2.48. The van der Waals surface area contributed by atoms with E-state index in [1.165, 1.54) is 19.3 Å². The summed E-state index contributed by atoms with van der Waals surface area (Å²) in [5.41, 5.74) is 0.671. The van der Waals surface area contributed by atoms with Gasteiger partial charge in [0.25, 0.3) is 5.91 Å². The fraction of sp³-hybridized carbons (Fsp3) is 0.444. The first-order valence-electron chi connectivity index (χ1n) is 12.4. The van der Waals surface area contributed by atoms with Gasteiger partial charge >= 0.3 is 0 Å². The number of carbonyl (C=O) groups excluding carboxylic acids is 2. The summed E-state index contributed by atoms with van der Waals surface area (Å²) in [7, 11) is 0. The van der Waals surface area contributed by atoms with Crippen LogP contribution in [0.1, 0.15) is 67.9 Å². The molecule has 8 heteroatoms. The van der Waals surface area contributed by atoms with Crippen LogP contribution in [-0.4, -0.2) is 38.1 Å². The van der Waals surface area contributed by atoms with Crippen LogP contribution >= 0.6 is 11.6 Å². The lowest BCUT2D eigenvalue weighted by Gasteiger charge is -2.44. The van der Waals surface area contributed by atoms with Crippen LogP contribution < -0.4 is 5.32 Å². The van der Waals surface area contributed by atoms with Gasteiger partial charge in [0, 0.05) is 23.7 Å².